The van der Waals surface area contributed by atoms with Crippen molar-refractivity contribution in [2.24, 2.45) is 5.92 Å². The lowest BCUT2D eigenvalue weighted by Gasteiger charge is -2.15. The Morgan fingerprint density at radius 1 is 1.05 bits per heavy atom. The van der Waals surface area contributed by atoms with Gasteiger partial charge in [-0.05, 0) is 56.4 Å². The van der Waals surface area contributed by atoms with Crippen LogP contribution in [0.25, 0.3) is 0 Å². The van der Waals surface area contributed by atoms with Crippen LogP contribution in [-0.4, -0.2) is 21.0 Å². The Labute approximate surface area is 129 Å². The van der Waals surface area contributed by atoms with Crippen molar-refractivity contribution >= 4 is 15.7 Å². The van der Waals surface area contributed by atoms with Gasteiger partial charge >= 0.3 is 0 Å². The molecule has 2 N–H and O–H groups in total. The zero-order valence-electron chi connectivity index (χ0n) is 13.5. The van der Waals surface area contributed by atoms with E-state index in [1.54, 1.807) is 12.1 Å². The van der Waals surface area contributed by atoms with Crippen molar-refractivity contribution in [3.8, 4) is 0 Å². The Morgan fingerprint density at radius 2 is 1.67 bits per heavy atom. The Bertz CT molecular complexity index is 510. The molecule has 1 aromatic rings. The van der Waals surface area contributed by atoms with Crippen molar-refractivity contribution in [3.05, 3.63) is 24.3 Å². The Hall–Kier alpha value is -1.07. The van der Waals surface area contributed by atoms with Gasteiger partial charge in [0, 0.05) is 18.3 Å². The van der Waals surface area contributed by atoms with Crippen molar-refractivity contribution in [1.82, 2.24) is 4.72 Å². The van der Waals surface area contributed by atoms with E-state index in [-0.39, 0.29) is 6.04 Å². The monoisotopic (exact) mass is 312 g/mol. The number of benzene rings is 1. The summed E-state index contributed by atoms with van der Waals surface area (Å²) in [6.45, 7) is 9.18. The summed E-state index contributed by atoms with van der Waals surface area (Å²) < 4.78 is 27.3. The topological polar surface area (TPSA) is 58.2 Å². The van der Waals surface area contributed by atoms with E-state index >= 15 is 0 Å². The van der Waals surface area contributed by atoms with E-state index in [1.165, 1.54) is 0 Å². The maximum Gasteiger partial charge on any atom is 0.240 e. The minimum atomic E-state index is -3.42. The molecule has 0 aromatic heterocycles. The van der Waals surface area contributed by atoms with Gasteiger partial charge in [-0.25, -0.2) is 13.1 Å². The van der Waals surface area contributed by atoms with E-state index in [1.807, 2.05) is 19.1 Å². The number of nitrogens with one attached hydrogen (secondary N) is 2. The molecular formula is C16H28N2O2S. The van der Waals surface area contributed by atoms with E-state index in [0.717, 1.165) is 31.5 Å². The number of sulfonamides is 1. The smallest absolute Gasteiger partial charge is 0.240 e. The van der Waals surface area contributed by atoms with E-state index in [4.69, 9.17) is 0 Å². The summed E-state index contributed by atoms with van der Waals surface area (Å²) in [7, 11) is -3.42. The number of anilines is 1. The standard InChI is InChI=1S/C16H28N2O2S/c1-5-12-17-15-8-10-16(11-9-15)21(19,20)18-14(4)7-6-13(2)3/h8-11,13-14,17-18H,5-7,12H2,1-4H3. The highest BCUT2D eigenvalue weighted by atomic mass is 32.2. The van der Waals surface area contributed by atoms with Gasteiger partial charge in [0.1, 0.15) is 0 Å². The SMILES string of the molecule is CCCNc1ccc(S(=O)(=O)NC(C)CCC(C)C)cc1. The molecule has 0 saturated heterocycles. The van der Waals surface area contributed by atoms with Crippen molar-refractivity contribution in [3.63, 3.8) is 0 Å². The second-order valence-corrected chi connectivity index (χ2v) is 7.66. The lowest BCUT2D eigenvalue weighted by molar-refractivity contribution is 0.485. The maximum atomic E-state index is 12.3. The first kappa shape index (κ1) is 18.0. The third kappa shape index (κ3) is 6.48. The molecule has 1 rings (SSSR count). The third-order valence-corrected chi connectivity index (χ3v) is 4.88. The van der Waals surface area contributed by atoms with Gasteiger partial charge in [-0.2, -0.15) is 0 Å². The highest BCUT2D eigenvalue weighted by Crippen LogP contribution is 2.15. The first-order chi connectivity index (χ1) is 9.85. The Kier molecular flexibility index (Phi) is 7.18. The molecule has 21 heavy (non-hydrogen) atoms. The van der Waals surface area contributed by atoms with Crippen LogP contribution in [0.3, 0.4) is 0 Å². The fraction of sp³-hybridized carbons (Fsp3) is 0.625. The molecule has 0 saturated carbocycles. The molecule has 0 amide bonds. The molecule has 0 spiro atoms. The molecule has 120 valence electrons. The summed E-state index contributed by atoms with van der Waals surface area (Å²) in [6, 6.07) is 6.87. The Balaban J connectivity index is 2.65. The summed E-state index contributed by atoms with van der Waals surface area (Å²) in [5.41, 5.74) is 0.948. The number of hydrogen-bond donors (Lipinski definition) is 2. The first-order valence-electron chi connectivity index (χ1n) is 7.71. The highest BCUT2D eigenvalue weighted by Gasteiger charge is 2.17. The molecule has 1 aromatic carbocycles. The molecule has 4 nitrogen and oxygen atoms in total. The van der Waals surface area contributed by atoms with Gasteiger partial charge in [-0.3, -0.25) is 0 Å². The predicted molar refractivity (Wildman–Crippen MR) is 89.1 cm³/mol. The van der Waals surface area contributed by atoms with E-state index in [2.05, 4.69) is 30.8 Å². The molecule has 0 fully saturated rings. The van der Waals surface area contributed by atoms with Gasteiger partial charge in [-0.15, -0.1) is 0 Å². The van der Waals surface area contributed by atoms with Crippen LogP contribution in [0.15, 0.2) is 29.2 Å². The van der Waals surface area contributed by atoms with Crippen LogP contribution in [0.5, 0.6) is 0 Å². The fourth-order valence-electron chi connectivity index (χ4n) is 2.00. The van der Waals surface area contributed by atoms with Crippen molar-refractivity contribution < 1.29 is 8.42 Å². The van der Waals surface area contributed by atoms with Gasteiger partial charge in [0.05, 0.1) is 4.90 Å². The van der Waals surface area contributed by atoms with Crippen molar-refractivity contribution in [2.75, 3.05) is 11.9 Å². The summed E-state index contributed by atoms with van der Waals surface area (Å²) in [5.74, 6) is 0.584. The normalized spacial score (nSPS) is 13.4. The average Bonchev–Trinajstić information content (AvgIpc) is 2.43. The lowest BCUT2D eigenvalue weighted by Crippen LogP contribution is -2.32. The zero-order valence-corrected chi connectivity index (χ0v) is 14.3. The van der Waals surface area contributed by atoms with E-state index in [0.29, 0.717) is 10.8 Å². The number of hydrogen-bond acceptors (Lipinski definition) is 3. The van der Waals surface area contributed by atoms with Gasteiger partial charge < -0.3 is 5.32 Å². The van der Waals surface area contributed by atoms with Gasteiger partial charge in [-0.1, -0.05) is 20.8 Å². The molecule has 0 aliphatic carbocycles. The zero-order chi connectivity index (χ0) is 15.9. The lowest BCUT2D eigenvalue weighted by atomic mass is 10.1. The van der Waals surface area contributed by atoms with Crippen molar-refractivity contribution in [1.29, 1.82) is 0 Å². The van der Waals surface area contributed by atoms with E-state index in [9.17, 15) is 8.42 Å². The number of rotatable bonds is 9. The van der Waals surface area contributed by atoms with Crippen LogP contribution in [-0.2, 0) is 10.0 Å². The van der Waals surface area contributed by atoms with E-state index < -0.39 is 10.0 Å². The quantitative estimate of drug-likeness (QED) is 0.732. The predicted octanol–water partition coefficient (Wildman–Crippen LogP) is 3.61. The van der Waals surface area contributed by atoms with Crippen LogP contribution < -0.4 is 10.0 Å². The molecule has 0 radical (unpaired) electrons. The van der Waals surface area contributed by atoms with Crippen molar-refractivity contribution in [2.45, 2.75) is 57.9 Å². The van der Waals surface area contributed by atoms with Crippen LogP contribution in [0.2, 0.25) is 0 Å². The molecular weight excluding hydrogens is 284 g/mol. The largest absolute Gasteiger partial charge is 0.385 e. The summed E-state index contributed by atoms with van der Waals surface area (Å²) in [6.07, 6.45) is 2.91. The minimum Gasteiger partial charge on any atom is -0.385 e. The van der Waals surface area contributed by atoms with Crippen LogP contribution in [0.4, 0.5) is 5.69 Å². The molecule has 5 heteroatoms. The second-order valence-electron chi connectivity index (χ2n) is 5.94. The highest BCUT2D eigenvalue weighted by molar-refractivity contribution is 7.89. The molecule has 0 aliphatic heterocycles. The fourth-order valence-corrected chi connectivity index (χ4v) is 3.27. The van der Waals surface area contributed by atoms with Gasteiger partial charge in [0.2, 0.25) is 10.0 Å². The Morgan fingerprint density at radius 3 is 2.19 bits per heavy atom. The summed E-state index contributed by atoms with van der Waals surface area (Å²) in [4.78, 5) is 0.320. The molecule has 0 bridgehead atoms. The summed E-state index contributed by atoms with van der Waals surface area (Å²) in [5, 5.41) is 3.23. The van der Waals surface area contributed by atoms with Gasteiger partial charge in [0.15, 0.2) is 0 Å². The molecule has 0 heterocycles. The maximum absolute atomic E-state index is 12.3. The molecule has 0 aliphatic rings. The van der Waals surface area contributed by atoms with Crippen LogP contribution >= 0.6 is 0 Å². The second kappa shape index (κ2) is 8.39. The van der Waals surface area contributed by atoms with Crippen LogP contribution in [0, 0.1) is 5.92 Å². The van der Waals surface area contributed by atoms with Gasteiger partial charge in [0.25, 0.3) is 0 Å². The molecule has 1 atom stereocenters. The third-order valence-electron chi connectivity index (χ3n) is 3.28. The first-order valence-corrected chi connectivity index (χ1v) is 9.19. The molecule has 1 unspecified atom stereocenters. The minimum absolute atomic E-state index is 0.0460. The average molecular weight is 312 g/mol. The summed E-state index contributed by atoms with van der Waals surface area (Å²) >= 11 is 0. The van der Waals surface area contributed by atoms with Crippen LogP contribution in [0.1, 0.15) is 47.0 Å².